The first kappa shape index (κ1) is 9.36. The van der Waals surface area contributed by atoms with Crippen LogP contribution in [0.25, 0.3) is 0 Å². The molecule has 0 spiro atoms. The van der Waals surface area contributed by atoms with Gasteiger partial charge in [0.15, 0.2) is 12.6 Å². The zero-order chi connectivity index (χ0) is 9.42. The molecule has 0 aromatic rings. The van der Waals surface area contributed by atoms with Gasteiger partial charge in [-0.15, -0.1) is 0 Å². The lowest BCUT2D eigenvalue weighted by molar-refractivity contribution is -0.324. The van der Waals surface area contributed by atoms with E-state index in [1.165, 1.54) is 0 Å². The van der Waals surface area contributed by atoms with Crippen LogP contribution in [-0.2, 0) is 14.2 Å². The van der Waals surface area contributed by atoms with Gasteiger partial charge in [0, 0.05) is 6.42 Å². The van der Waals surface area contributed by atoms with E-state index in [1.54, 1.807) is 6.92 Å². The standard InChI is InChI=1S/C8H14O5/c1-4-11-3-6-8(12-4)5(9)2-7(10)13-6/h4-10H,2-3H2,1H3. The van der Waals surface area contributed by atoms with Crippen molar-refractivity contribution in [2.24, 2.45) is 0 Å². The van der Waals surface area contributed by atoms with E-state index in [0.29, 0.717) is 6.61 Å². The molecule has 5 atom stereocenters. The molecule has 0 radical (unpaired) electrons. The normalized spacial score (nSPS) is 51.5. The summed E-state index contributed by atoms with van der Waals surface area (Å²) in [5, 5.41) is 18.8. The largest absolute Gasteiger partial charge is 0.390 e. The molecule has 2 heterocycles. The summed E-state index contributed by atoms with van der Waals surface area (Å²) < 4.78 is 15.7. The van der Waals surface area contributed by atoms with Gasteiger partial charge in [0.05, 0.1) is 12.7 Å². The quantitative estimate of drug-likeness (QED) is 0.524. The van der Waals surface area contributed by atoms with Gasteiger partial charge in [-0.25, -0.2) is 0 Å². The van der Waals surface area contributed by atoms with Crippen LogP contribution in [0.15, 0.2) is 0 Å². The smallest absolute Gasteiger partial charge is 0.157 e. The summed E-state index contributed by atoms with van der Waals surface area (Å²) >= 11 is 0. The zero-order valence-electron chi connectivity index (χ0n) is 7.42. The molecule has 2 saturated heterocycles. The van der Waals surface area contributed by atoms with Crippen LogP contribution in [0, 0.1) is 0 Å². The number of fused-ring (bicyclic) bond motifs is 1. The molecule has 13 heavy (non-hydrogen) atoms. The summed E-state index contributed by atoms with van der Waals surface area (Å²) in [6.07, 6.45) is -2.40. The van der Waals surface area contributed by atoms with Gasteiger partial charge in [-0.2, -0.15) is 0 Å². The van der Waals surface area contributed by atoms with Crippen LogP contribution < -0.4 is 0 Å². The summed E-state index contributed by atoms with van der Waals surface area (Å²) in [4.78, 5) is 0. The first-order valence-corrected chi connectivity index (χ1v) is 4.45. The zero-order valence-corrected chi connectivity index (χ0v) is 7.42. The fourth-order valence-electron chi connectivity index (χ4n) is 1.73. The van der Waals surface area contributed by atoms with E-state index in [9.17, 15) is 10.2 Å². The van der Waals surface area contributed by atoms with Crippen LogP contribution in [-0.4, -0.2) is 47.7 Å². The molecular weight excluding hydrogens is 176 g/mol. The molecular formula is C8H14O5. The van der Waals surface area contributed by atoms with Crippen molar-refractivity contribution in [1.29, 1.82) is 0 Å². The Morgan fingerprint density at radius 3 is 2.77 bits per heavy atom. The van der Waals surface area contributed by atoms with Crippen LogP contribution in [0.3, 0.4) is 0 Å². The number of rotatable bonds is 0. The Labute approximate surface area is 76.2 Å². The lowest BCUT2D eigenvalue weighted by Crippen LogP contribution is -2.55. The molecule has 76 valence electrons. The minimum absolute atomic E-state index is 0.202. The molecule has 2 N–H and O–H groups in total. The van der Waals surface area contributed by atoms with Crippen LogP contribution in [0.1, 0.15) is 13.3 Å². The van der Waals surface area contributed by atoms with Crippen LogP contribution in [0.4, 0.5) is 0 Å². The molecule has 0 aromatic heterocycles. The van der Waals surface area contributed by atoms with Gasteiger partial charge in [0.2, 0.25) is 0 Å². The molecule has 2 aliphatic heterocycles. The SMILES string of the molecule is CC1OCC2OC(O)CC(O)C2O1. The Morgan fingerprint density at radius 1 is 1.23 bits per heavy atom. The fourth-order valence-corrected chi connectivity index (χ4v) is 1.73. The summed E-state index contributed by atoms with van der Waals surface area (Å²) in [6, 6.07) is 0. The second-order valence-electron chi connectivity index (χ2n) is 3.43. The lowest BCUT2D eigenvalue weighted by Gasteiger charge is -2.42. The molecule has 2 rings (SSSR count). The van der Waals surface area contributed by atoms with Crippen LogP contribution in [0.2, 0.25) is 0 Å². The van der Waals surface area contributed by atoms with Gasteiger partial charge in [-0.05, 0) is 6.92 Å². The van der Waals surface area contributed by atoms with E-state index in [-0.39, 0.29) is 24.9 Å². The highest BCUT2D eigenvalue weighted by atomic mass is 16.7. The van der Waals surface area contributed by atoms with Gasteiger partial charge >= 0.3 is 0 Å². The highest BCUT2D eigenvalue weighted by Gasteiger charge is 2.41. The third kappa shape index (κ3) is 1.84. The van der Waals surface area contributed by atoms with Crippen molar-refractivity contribution in [3.63, 3.8) is 0 Å². The van der Waals surface area contributed by atoms with Gasteiger partial charge in [0.1, 0.15) is 12.2 Å². The maximum absolute atomic E-state index is 9.57. The number of ether oxygens (including phenoxy) is 3. The van der Waals surface area contributed by atoms with Gasteiger partial charge in [-0.3, -0.25) is 0 Å². The third-order valence-corrected chi connectivity index (χ3v) is 2.36. The van der Waals surface area contributed by atoms with Crippen molar-refractivity contribution in [3.8, 4) is 0 Å². The van der Waals surface area contributed by atoms with E-state index >= 15 is 0 Å². The van der Waals surface area contributed by atoms with Gasteiger partial charge in [-0.1, -0.05) is 0 Å². The third-order valence-electron chi connectivity index (χ3n) is 2.36. The Kier molecular flexibility index (Phi) is 2.53. The number of hydrogen-bond donors (Lipinski definition) is 2. The average Bonchev–Trinajstić information content (AvgIpc) is 2.06. The van der Waals surface area contributed by atoms with E-state index in [2.05, 4.69) is 0 Å². The lowest BCUT2D eigenvalue weighted by atomic mass is 10.0. The first-order valence-electron chi connectivity index (χ1n) is 4.45. The van der Waals surface area contributed by atoms with Gasteiger partial charge in [0.25, 0.3) is 0 Å². The molecule has 2 aliphatic rings. The maximum atomic E-state index is 9.57. The van der Waals surface area contributed by atoms with E-state index < -0.39 is 12.4 Å². The van der Waals surface area contributed by atoms with Crippen molar-refractivity contribution in [2.45, 2.75) is 44.2 Å². The topological polar surface area (TPSA) is 68.2 Å². The predicted octanol–water partition coefficient (Wildman–Crippen LogP) is -0.784. The van der Waals surface area contributed by atoms with Crippen molar-refractivity contribution < 1.29 is 24.4 Å². The van der Waals surface area contributed by atoms with Crippen molar-refractivity contribution >= 4 is 0 Å². The summed E-state index contributed by atoms with van der Waals surface area (Å²) in [5.41, 5.74) is 0. The second kappa shape index (κ2) is 3.51. The summed E-state index contributed by atoms with van der Waals surface area (Å²) in [7, 11) is 0. The molecule has 5 unspecified atom stereocenters. The van der Waals surface area contributed by atoms with E-state index in [4.69, 9.17) is 14.2 Å². The Balaban J connectivity index is 2.02. The molecule has 0 bridgehead atoms. The first-order chi connectivity index (χ1) is 6.16. The Morgan fingerprint density at radius 2 is 2.00 bits per heavy atom. The fraction of sp³-hybridized carbons (Fsp3) is 1.00. The highest BCUT2D eigenvalue weighted by molar-refractivity contribution is 4.85. The average molecular weight is 190 g/mol. The van der Waals surface area contributed by atoms with E-state index in [1.807, 2.05) is 0 Å². The Bertz CT molecular complexity index is 185. The molecule has 0 amide bonds. The Hall–Kier alpha value is -0.200. The van der Waals surface area contributed by atoms with Crippen LogP contribution >= 0.6 is 0 Å². The molecule has 0 aliphatic carbocycles. The maximum Gasteiger partial charge on any atom is 0.157 e. The second-order valence-corrected chi connectivity index (χ2v) is 3.43. The highest BCUT2D eigenvalue weighted by Crippen LogP contribution is 2.26. The number of aliphatic hydroxyl groups excluding tert-OH is 2. The van der Waals surface area contributed by atoms with Crippen molar-refractivity contribution in [3.05, 3.63) is 0 Å². The van der Waals surface area contributed by atoms with Crippen molar-refractivity contribution in [2.75, 3.05) is 6.61 Å². The summed E-state index contributed by atoms with van der Waals surface area (Å²) in [5.74, 6) is 0. The van der Waals surface area contributed by atoms with Crippen LogP contribution in [0.5, 0.6) is 0 Å². The minimum atomic E-state index is -0.906. The molecule has 0 saturated carbocycles. The molecule has 5 heteroatoms. The monoisotopic (exact) mass is 190 g/mol. The van der Waals surface area contributed by atoms with E-state index in [0.717, 1.165) is 0 Å². The molecule has 0 aromatic carbocycles. The van der Waals surface area contributed by atoms with Gasteiger partial charge < -0.3 is 24.4 Å². The number of hydrogen-bond acceptors (Lipinski definition) is 5. The number of aliphatic hydroxyl groups is 2. The molecule has 2 fully saturated rings. The molecule has 5 nitrogen and oxygen atoms in total. The predicted molar refractivity (Wildman–Crippen MR) is 41.8 cm³/mol. The summed E-state index contributed by atoms with van der Waals surface area (Å²) in [6.45, 7) is 2.13. The minimum Gasteiger partial charge on any atom is -0.390 e. The van der Waals surface area contributed by atoms with Crippen molar-refractivity contribution in [1.82, 2.24) is 0 Å².